The molecule has 158 valence electrons. The van der Waals surface area contributed by atoms with Gasteiger partial charge in [0.2, 0.25) is 5.91 Å². The normalized spacial score (nSPS) is 21.5. The van der Waals surface area contributed by atoms with Gasteiger partial charge in [-0.05, 0) is 30.4 Å². The standard InChI is InChI=1S/C22H24N2O4S2/c1-4-12-8-9-13-6-5-7-14(29)17(13)18(12)23-10-15-19(22(27)28-3)24-20(26)16(11(2)25)21(24)30-15/h5-9,11,16,21,23,25,29H,4,10H2,1-3H3/t11-,16?,21?/m1/s1. The number of β-lactam (4-membered cyclic amide) rings is 1. The summed E-state index contributed by atoms with van der Waals surface area (Å²) in [4.78, 5) is 28.0. The van der Waals surface area contributed by atoms with Gasteiger partial charge in [-0.2, -0.15) is 0 Å². The number of fused-ring (bicyclic) bond motifs is 2. The zero-order valence-electron chi connectivity index (χ0n) is 17.0. The highest BCUT2D eigenvalue weighted by Crippen LogP contribution is 2.50. The van der Waals surface area contributed by atoms with Crippen molar-refractivity contribution in [2.24, 2.45) is 5.92 Å². The number of benzene rings is 2. The van der Waals surface area contributed by atoms with Gasteiger partial charge in [0.1, 0.15) is 11.1 Å². The number of aliphatic hydroxyl groups excluding tert-OH is 1. The number of carbonyl (C=O) groups is 2. The maximum absolute atomic E-state index is 12.5. The van der Waals surface area contributed by atoms with Gasteiger partial charge in [0.15, 0.2) is 0 Å². The van der Waals surface area contributed by atoms with Crippen molar-refractivity contribution in [3.05, 3.63) is 46.5 Å². The summed E-state index contributed by atoms with van der Waals surface area (Å²) in [5.41, 5.74) is 2.39. The molecule has 2 heterocycles. The average Bonchev–Trinajstić information content (AvgIpc) is 3.05. The van der Waals surface area contributed by atoms with Crippen LogP contribution in [0.3, 0.4) is 0 Å². The van der Waals surface area contributed by atoms with Crippen molar-refractivity contribution in [3.8, 4) is 0 Å². The highest BCUT2D eigenvalue weighted by atomic mass is 32.2. The van der Waals surface area contributed by atoms with Crippen LogP contribution in [0.1, 0.15) is 19.4 Å². The Balaban J connectivity index is 1.69. The number of nitrogens with zero attached hydrogens (tertiary/aromatic N) is 1. The number of rotatable bonds is 6. The fraction of sp³-hybridized carbons (Fsp3) is 0.364. The Kier molecular flexibility index (Phi) is 5.74. The van der Waals surface area contributed by atoms with Gasteiger partial charge in [0.05, 0.1) is 19.1 Å². The monoisotopic (exact) mass is 444 g/mol. The second kappa shape index (κ2) is 8.17. The van der Waals surface area contributed by atoms with E-state index >= 15 is 0 Å². The third-order valence-corrected chi connectivity index (χ3v) is 7.41. The van der Waals surface area contributed by atoms with Crippen molar-refractivity contribution in [3.63, 3.8) is 0 Å². The quantitative estimate of drug-likeness (QED) is 0.360. The van der Waals surface area contributed by atoms with Gasteiger partial charge < -0.3 is 15.2 Å². The number of hydrogen-bond acceptors (Lipinski definition) is 7. The molecule has 3 atom stereocenters. The molecule has 0 aliphatic carbocycles. The first-order valence-corrected chi connectivity index (χ1v) is 11.2. The molecule has 30 heavy (non-hydrogen) atoms. The maximum Gasteiger partial charge on any atom is 0.355 e. The molecule has 0 spiro atoms. The molecule has 2 aliphatic heterocycles. The van der Waals surface area contributed by atoms with E-state index in [1.54, 1.807) is 6.92 Å². The van der Waals surface area contributed by atoms with Crippen LogP contribution in [-0.4, -0.2) is 47.0 Å². The molecule has 0 radical (unpaired) electrons. The number of ether oxygens (including phenoxy) is 1. The molecule has 2 aliphatic rings. The van der Waals surface area contributed by atoms with Crippen LogP contribution in [0.25, 0.3) is 10.8 Å². The third kappa shape index (κ3) is 3.27. The molecule has 2 unspecified atom stereocenters. The van der Waals surface area contributed by atoms with Crippen LogP contribution in [-0.2, 0) is 20.7 Å². The van der Waals surface area contributed by atoms with Crippen molar-refractivity contribution >= 4 is 52.7 Å². The minimum atomic E-state index is -0.769. The summed E-state index contributed by atoms with van der Waals surface area (Å²) in [5, 5.41) is 15.3. The number of nitrogens with one attached hydrogen (secondary N) is 1. The van der Waals surface area contributed by atoms with Gasteiger partial charge in [0, 0.05) is 27.4 Å². The van der Waals surface area contributed by atoms with E-state index in [9.17, 15) is 14.7 Å². The SMILES string of the molecule is CCc1ccc2cccc(S)c2c1NCC1=C(C(=O)OC)N2C(=O)C([C@@H](C)O)C2S1. The van der Waals surface area contributed by atoms with E-state index in [0.717, 1.165) is 38.2 Å². The van der Waals surface area contributed by atoms with E-state index in [1.165, 1.54) is 23.8 Å². The first-order chi connectivity index (χ1) is 14.4. The number of aliphatic hydroxyl groups is 1. The lowest BCUT2D eigenvalue weighted by molar-refractivity contribution is -0.157. The second-order valence-corrected chi connectivity index (χ2v) is 9.12. The van der Waals surface area contributed by atoms with Crippen molar-refractivity contribution < 1.29 is 19.4 Å². The predicted octanol–water partition coefficient (Wildman–Crippen LogP) is 3.40. The molecule has 0 saturated carbocycles. The topological polar surface area (TPSA) is 78.9 Å². The Labute approximate surface area is 185 Å². The summed E-state index contributed by atoms with van der Waals surface area (Å²) in [5.74, 6) is -1.29. The van der Waals surface area contributed by atoms with Crippen molar-refractivity contribution in [2.45, 2.75) is 36.6 Å². The number of thioether (sulfide) groups is 1. The third-order valence-electron chi connectivity index (χ3n) is 5.67. The van der Waals surface area contributed by atoms with Gasteiger partial charge in [-0.3, -0.25) is 9.69 Å². The van der Waals surface area contributed by atoms with Gasteiger partial charge >= 0.3 is 5.97 Å². The summed E-state index contributed by atoms with van der Waals surface area (Å²) >= 11 is 6.08. The van der Waals surface area contributed by atoms with Gasteiger partial charge in [-0.1, -0.05) is 43.0 Å². The number of anilines is 1. The smallest absolute Gasteiger partial charge is 0.355 e. The van der Waals surface area contributed by atoms with E-state index in [0.29, 0.717) is 6.54 Å². The van der Waals surface area contributed by atoms with Gasteiger partial charge in [-0.25, -0.2) is 4.79 Å². The Bertz CT molecular complexity index is 1070. The number of amides is 1. The minimum Gasteiger partial charge on any atom is -0.464 e. The number of thiol groups is 1. The highest BCUT2D eigenvalue weighted by molar-refractivity contribution is 8.04. The summed E-state index contributed by atoms with van der Waals surface area (Å²) in [6.45, 7) is 4.07. The van der Waals surface area contributed by atoms with Gasteiger partial charge in [-0.15, -0.1) is 12.6 Å². The number of aryl methyl sites for hydroxylation is 1. The van der Waals surface area contributed by atoms with Crippen molar-refractivity contribution in [1.29, 1.82) is 0 Å². The maximum atomic E-state index is 12.5. The summed E-state index contributed by atoms with van der Waals surface area (Å²) in [6.07, 6.45) is 0.0716. The highest BCUT2D eigenvalue weighted by Gasteiger charge is 2.57. The van der Waals surface area contributed by atoms with E-state index < -0.39 is 18.0 Å². The number of esters is 1. The zero-order chi connectivity index (χ0) is 21.6. The van der Waals surface area contributed by atoms with Crippen LogP contribution in [0, 0.1) is 5.92 Å². The molecular weight excluding hydrogens is 420 g/mol. The predicted molar refractivity (Wildman–Crippen MR) is 122 cm³/mol. The Morgan fingerprint density at radius 3 is 2.80 bits per heavy atom. The molecular formula is C22H24N2O4S2. The second-order valence-electron chi connectivity index (χ2n) is 7.43. The van der Waals surface area contributed by atoms with Crippen LogP contribution in [0.5, 0.6) is 0 Å². The fourth-order valence-corrected chi connectivity index (χ4v) is 6.01. The first-order valence-electron chi connectivity index (χ1n) is 9.85. The molecule has 2 aromatic carbocycles. The summed E-state index contributed by atoms with van der Waals surface area (Å²) in [6, 6.07) is 10.1. The van der Waals surface area contributed by atoms with Crippen molar-refractivity contribution in [2.75, 3.05) is 19.0 Å². The molecule has 0 aromatic heterocycles. The largest absolute Gasteiger partial charge is 0.464 e. The van der Waals surface area contributed by atoms with E-state index in [-0.39, 0.29) is 17.0 Å². The lowest BCUT2D eigenvalue weighted by atomic mass is 9.92. The van der Waals surface area contributed by atoms with Crippen LogP contribution in [0.2, 0.25) is 0 Å². The van der Waals surface area contributed by atoms with Crippen LogP contribution in [0.15, 0.2) is 45.8 Å². The minimum absolute atomic E-state index is 0.241. The average molecular weight is 445 g/mol. The molecule has 8 heteroatoms. The van der Waals surface area contributed by atoms with Crippen LogP contribution < -0.4 is 5.32 Å². The molecule has 6 nitrogen and oxygen atoms in total. The molecule has 1 amide bonds. The number of carbonyl (C=O) groups excluding carboxylic acids is 2. The Hall–Kier alpha value is -2.16. The lowest BCUT2D eigenvalue weighted by Crippen LogP contribution is -2.60. The lowest BCUT2D eigenvalue weighted by Gasteiger charge is -2.43. The fourth-order valence-electron chi connectivity index (χ4n) is 4.13. The molecule has 1 fully saturated rings. The van der Waals surface area contributed by atoms with E-state index in [4.69, 9.17) is 4.74 Å². The molecule has 2 N–H and O–H groups in total. The van der Waals surface area contributed by atoms with Crippen LogP contribution >= 0.6 is 24.4 Å². The number of methoxy groups -OCH3 is 1. The Morgan fingerprint density at radius 1 is 1.37 bits per heavy atom. The van der Waals surface area contributed by atoms with E-state index in [1.807, 2.05) is 18.2 Å². The van der Waals surface area contributed by atoms with Crippen molar-refractivity contribution in [1.82, 2.24) is 4.90 Å². The van der Waals surface area contributed by atoms with Gasteiger partial charge in [0.25, 0.3) is 0 Å². The van der Waals surface area contributed by atoms with E-state index in [2.05, 4.69) is 37.0 Å². The van der Waals surface area contributed by atoms with Crippen LogP contribution in [0.4, 0.5) is 5.69 Å². The molecule has 0 bridgehead atoms. The summed E-state index contributed by atoms with van der Waals surface area (Å²) < 4.78 is 4.94. The molecule has 2 aromatic rings. The Morgan fingerprint density at radius 2 is 2.13 bits per heavy atom. The molecule has 4 rings (SSSR count). The molecule has 1 saturated heterocycles. The summed E-state index contributed by atoms with van der Waals surface area (Å²) in [7, 11) is 1.31. The zero-order valence-corrected chi connectivity index (χ0v) is 18.7. The number of hydrogen-bond donors (Lipinski definition) is 3. The first kappa shape index (κ1) is 21.1.